The highest BCUT2D eigenvalue weighted by molar-refractivity contribution is 6.33. The van der Waals surface area contributed by atoms with Gasteiger partial charge in [0.05, 0.1) is 11.8 Å². The summed E-state index contributed by atoms with van der Waals surface area (Å²) in [6.07, 6.45) is 5.31. The maximum Gasteiger partial charge on any atom is 0.258 e. The molecular formula is C23H22ClN3O2. The number of halogens is 1. The molecule has 1 heterocycles. The van der Waals surface area contributed by atoms with Crippen molar-refractivity contribution in [3.05, 3.63) is 83.1 Å². The van der Waals surface area contributed by atoms with Gasteiger partial charge in [0, 0.05) is 17.4 Å². The molecule has 0 aliphatic heterocycles. The summed E-state index contributed by atoms with van der Waals surface area (Å²) >= 11 is 6.03. The summed E-state index contributed by atoms with van der Waals surface area (Å²) in [6, 6.07) is 18.8. The minimum absolute atomic E-state index is 0.173. The number of rotatable bonds is 8. The number of aromatic nitrogens is 1. The smallest absolute Gasteiger partial charge is 0.258 e. The van der Waals surface area contributed by atoms with E-state index in [2.05, 4.69) is 22.4 Å². The molecule has 0 fully saturated rings. The van der Waals surface area contributed by atoms with Crippen molar-refractivity contribution in [2.24, 2.45) is 5.16 Å². The predicted octanol–water partition coefficient (Wildman–Crippen LogP) is 5.80. The van der Waals surface area contributed by atoms with Crippen molar-refractivity contribution in [1.29, 1.82) is 0 Å². The Morgan fingerprint density at radius 2 is 1.93 bits per heavy atom. The zero-order valence-corrected chi connectivity index (χ0v) is 16.9. The third-order valence-corrected chi connectivity index (χ3v) is 4.57. The van der Waals surface area contributed by atoms with Crippen molar-refractivity contribution >= 4 is 29.4 Å². The molecule has 2 aromatic carbocycles. The van der Waals surface area contributed by atoms with Crippen LogP contribution >= 0.6 is 11.6 Å². The predicted molar refractivity (Wildman–Crippen MR) is 118 cm³/mol. The fourth-order valence-electron chi connectivity index (χ4n) is 2.70. The van der Waals surface area contributed by atoms with E-state index in [1.165, 1.54) is 0 Å². The third kappa shape index (κ3) is 5.65. The quantitative estimate of drug-likeness (QED) is 0.222. The molecular weight excluding hydrogens is 386 g/mol. The van der Waals surface area contributed by atoms with Crippen LogP contribution in [0.2, 0.25) is 5.15 Å². The fourth-order valence-corrected chi connectivity index (χ4v) is 2.90. The molecule has 0 unspecified atom stereocenters. The average Bonchev–Trinajstić information content (AvgIpc) is 2.75. The van der Waals surface area contributed by atoms with Gasteiger partial charge in [-0.05, 0) is 35.7 Å². The topological polar surface area (TPSA) is 63.6 Å². The first kappa shape index (κ1) is 20.6. The van der Waals surface area contributed by atoms with E-state index in [0.29, 0.717) is 17.9 Å². The number of nitrogens with one attached hydrogen (secondary N) is 1. The lowest BCUT2D eigenvalue weighted by molar-refractivity contribution is 0.102. The highest BCUT2D eigenvalue weighted by Gasteiger charge is 2.13. The molecule has 0 spiro atoms. The van der Waals surface area contributed by atoms with Crippen LogP contribution in [0, 0.1) is 0 Å². The first-order valence-electron chi connectivity index (χ1n) is 9.45. The van der Waals surface area contributed by atoms with Crippen LogP contribution in [0.15, 0.2) is 72.0 Å². The second kappa shape index (κ2) is 10.4. The van der Waals surface area contributed by atoms with Gasteiger partial charge in [0.25, 0.3) is 5.91 Å². The Balaban J connectivity index is 1.75. The van der Waals surface area contributed by atoms with E-state index in [0.717, 1.165) is 29.5 Å². The van der Waals surface area contributed by atoms with Crippen molar-refractivity contribution in [2.45, 2.75) is 19.8 Å². The summed E-state index contributed by atoms with van der Waals surface area (Å²) in [5.74, 6) is -0.302. The van der Waals surface area contributed by atoms with Crippen molar-refractivity contribution < 1.29 is 9.63 Å². The van der Waals surface area contributed by atoms with E-state index in [4.69, 9.17) is 16.4 Å². The van der Waals surface area contributed by atoms with E-state index in [-0.39, 0.29) is 11.1 Å². The number of unbranched alkanes of at least 4 members (excludes halogenated alkanes) is 1. The van der Waals surface area contributed by atoms with Gasteiger partial charge in [0.1, 0.15) is 11.8 Å². The molecule has 5 nitrogen and oxygen atoms in total. The van der Waals surface area contributed by atoms with E-state index >= 15 is 0 Å². The number of pyridine rings is 1. The number of para-hydroxylation sites is 1. The molecule has 0 bridgehead atoms. The van der Waals surface area contributed by atoms with Crippen molar-refractivity contribution in [3.63, 3.8) is 0 Å². The van der Waals surface area contributed by atoms with Gasteiger partial charge >= 0.3 is 0 Å². The van der Waals surface area contributed by atoms with Gasteiger partial charge in [-0.1, -0.05) is 72.6 Å². The van der Waals surface area contributed by atoms with E-state index in [1.54, 1.807) is 24.5 Å². The second-order valence-electron chi connectivity index (χ2n) is 6.38. The summed E-state index contributed by atoms with van der Waals surface area (Å²) in [6.45, 7) is 2.73. The summed E-state index contributed by atoms with van der Waals surface area (Å²) < 4.78 is 0. The van der Waals surface area contributed by atoms with Crippen LogP contribution in [0.5, 0.6) is 0 Å². The number of hydrogen-bond acceptors (Lipinski definition) is 4. The Labute approximate surface area is 175 Å². The molecule has 1 N–H and O–H groups in total. The highest BCUT2D eigenvalue weighted by atomic mass is 35.5. The molecule has 3 rings (SSSR count). The summed E-state index contributed by atoms with van der Waals surface area (Å²) in [5, 5.41) is 7.08. The molecule has 0 aliphatic rings. The van der Waals surface area contributed by atoms with Crippen molar-refractivity contribution in [3.8, 4) is 11.1 Å². The van der Waals surface area contributed by atoms with Crippen LogP contribution < -0.4 is 5.32 Å². The molecule has 6 heteroatoms. The number of hydrogen-bond donors (Lipinski definition) is 1. The number of anilines is 1. The average molecular weight is 408 g/mol. The molecule has 0 saturated heterocycles. The van der Waals surface area contributed by atoms with Gasteiger partial charge in [-0.2, -0.15) is 0 Å². The van der Waals surface area contributed by atoms with Gasteiger partial charge in [-0.25, -0.2) is 4.98 Å². The van der Waals surface area contributed by atoms with Gasteiger partial charge < -0.3 is 10.2 Å². The van der Waals surface area contributed by atoms with Crippen LogP contribution in [0.4, 0.5) is 5.69 Å². The SMILES string of the molecule is CCCCON=Cc1ccc(-c2ccccc2NC(=O)c2cccnc2Cl)cc1. The minimum atomic E-state index is -0.302. The van der Waals surface area contributed by atoms with Crippen LogP contribution in [-0.2, 0) is 4.84 Å². The van der Waals surface area contributed by atoms with E-state index in [1.807, 2.05) is 48.5 Å². The van der Waals surface area contributed by atoms with Gasteiger partial charge in [0.15, 0.2) is 0 Å². The minimum Gasteiger partial charge on any atom is -0.396 e. The molecule has 1 aromatic heterocycles. The zero-order valence-electron chi connectivity index (χ0n) is 16.1. The molecule has 29 heavy (non-hydrogen) atoms. The Morgan fingerprint density at radius 1 is 1.14 bits per heavy atom. The van der Waals surface area contributed by atoms with Crippen molar-refractivity contribution in [2.75, 3.05) is 11.9 Å². The van der Waals surface area contributed by atoms with Crippen LogP contribution in [0.1, 0.15) is 35.7 Å². The summed E-state index contributed by atoms with van der Waals surface area (Å²) in [4.78, 5) is 21.8. The summed E-state index contributed by atoms with van der Waals surface area (Å²) in [7, 11) is 0. The number of oxime groups is 1. The number of benzene rings is 2. The largest absolute Gasteiger partial charge is 0.396 e. The standard InChI is InChI=1S/C23H22ClN3O2/c1-2-3-15-29-26-16-17-10-12-18(13-11-17)19-7-4-5-9-21(19)27-23(28)20-8-6-14-25-22(20)24/h4-14,16H,2-3,15H2,1H3,(H,27,28). The molecule has 0 saturated carbocycles. The van der Waals surface area contributed by atoms with Crippen LogP contribution in [0.3, 0.4) is 0 Å². The Morgan fingerprint density at radius 3 is 2.69 bits per heavy atom. The normalized spacial score (nSPS) is 10.8. The number of nitrogens with zero attached hydrogens (tertiary/aromatic N) is 2. The number of amides is 1. The zero-order chi connectivity index (χ0) is 20.5. The van der Waals surface area contributed by atoms with Crippen LogP contribution in [-0.4, -0.2) is 23.7 Å². The molecule has 0 aliphatic carbocycles. The fraction of sp³-hybridized carbons (Fsp3) is 0.174. The lowest BCUT2D eigenvalue weighted by atomic mass is 10.0. The van der Waals surface area contributed by atoms with Gasteiger partial charge in [0.2, 0.25) is 0 Å². The summed E-state index contributed by atoms with van der Waals surface area (Å²) in [5.41, 5.74) is 3.85. The number of carbonyl (C=O) groups is 1. The lowest BCUT2D eigenvalue weighted by Crippen LogP contribution is -2.13. The highest BCUT2D eigenvalue weighted by Crippen LogP contribution is 2.28. The molecule has 0 atom stereocenters. The van der Waals surface area contributed by atoms with Crippen LogP contribution in [0.25, 0.3) is 11.1 Å². The van der Waals surface area contributed by atoms with Crippen molar-refractivity contribution in [1.82, 2.24) is 4.98 Å². The molecule has 0 radical (unpaired) electrons. The maximum atomic E-state index is 12.6. The van der Waals surface area contributed by atoms with E-state index in [9.17, 15) is 4.79 Å². The Kier molecular flexibility index (Phi) is 7.36. The van der Waals surface area contributed by atoms with E-state index < -0.39 is 0 Å². The maximum absolute atomic E-state index is 12.6. The third-order valence-electron chi connectivity index (χ3n) is 4.27. The first-order chi connectivity index (χ1) is 14.2. The Hall–Kier alpha value is -3.18. The molecule has 3 aromatic rings. The number of carbonyl (C=O) groups excluding carboxylic acids is 1. The Bertz CT molecular complexity index is 987. The first-order valence-corrected chi connectivity index (χ1v) is 9.83. The lowest BCUT2D eigenvalue weighted by Gasteiger charge is -2.12. The van der Waals surface area contributed by atoms with Gasteiger partial charge in [-0.3, -0.25) is 4.79 Å². The molecule has 148 valence electrons. The second-order valence-corrected chi connectivity index (χ2v) is 6.74. The monoisotopic (exact) mass is 407 g/mol. The van der Waals surface area contributed by atoms with Gasteiger partial charge in [-0.15, -0.1) is 0 Å². The molecule has 1 amide bonds.